The Morgan fingerprint density at radius 3 is 2.73 bits per heavy atom. The van der Waals surface area contributed by atoms with E-state index in [1.54, 1.807) is 13.4 Å². The first-order chi connectivity index (χ1) is 14.6. The highest BCUT2D eigenvalue weighted by Crippen LogP contribution is 2.45. The molecular formula is C23H25N5O2. The highest BCUT2D eigenvalue weighted by Gasteiger charge is 2.57. The molecule has 5 rings (SSSR count). The third-order valence-electron chi connectivity index (χ3n) is 6.50. The zero-order valence-electron chi connectivity index (χ0n) is 17.0. The zero-order valence-corrected chi connectivity index (χ0v) is 17.0. The van der Waals surface area contributed by atoms with E-state index in [0.29, 0.717) is 18.7 Å². The standard InChI is InChI=1S/C23H25N5O2/c1-24-21(29)18-11-27(10-16-5-3-2-4-6-16)12-23(18)13-28(14-23)22(30)17-7-8-19-20(9-17)26-15-25-19/h2-9,15,18H,10-14H2,1H3,(H,24,29)(H,25,26). The fourth-order valence-electron chi connectivity index (χ4n) is 5.00. The molecule has 2 aliphatic rings. The van der Waals surface area contributed by atoms with Gasteiger partial charge in [0.25, 0.3) is 5.91 Å². The van der Waals surface area contributed by atoms with Crippen LogP contribution in [-0.4, -0.2) is 64.8 Å². The molecule has 2 aromatic carbocycles. The van der Waals surface area contributed by atoms with E-state index in [1.165, 1.54) is 5.56 Å². The number of nitrogens with zero attached hydrogens (tertiary/aromatic N) is 3. The molecule has 2 saturated heterocycles. The van der Waals surface area contributed by atoms with Crippen LogP contribution in [0.2, 0.25) is 0 Å². The quantitative estimate of drug-likeness (QED) is 0.697. The van der Waals surface area contributed by atoms with Crippen molar-refractivity contribution in [3.8, 4) is 0 Å². The topological polar surface area (TPSA) is 81.3 Å². The van der Waals surface area contributed by atoms with E-state index in [-0.39, 0.29) is 23.1 Å². The van der Waals surface area contributed by atoms with E-state index in [1.807, 2.05) is 41.3 Å². The van der Waals surface area contributed by atoms with Crippen molar-refractivity contribution >= 4 is 22.8 Å². The molecule has 154 valence electrons. The first-order valence-electron chi connectivity index (χ1n) is 10.3. The van der Waals surface area contributed by atoms with Gasteiger partial charge in [0.1, 0.15) is 0 Å². The predicted octanol–water partition coefficient (Wildman–Crippen LogP) is 1.88. The van der Waals surface area contributed by atoms with Gasteiger partial charge in [-0.05, 0) is 23.8 Å². The number of aromatic nitrogens is 2. The smallest absolute Gasteiger partial charge is 0.253 e. The van der Waals surface area contributed by atoms with Gasteiger partial charge in [-0.2, -0.15) is 0 Å². The Bertz CT molecular complexity index is 1090. The molecule has 7 heteroatoms. The lowest BCUT2D eigenvalue weighted by Gasteiger charge is -2.50. The Morgan fingerprint density at radius 2 is 1.97 bits per heavy atom. The number of likely N-dealkylation sites (tertiary alicyclic amines) is 2. The lowest BCUT2D eigenvalue weighted by Crippen LogP contribution is -2.63. The van der Waals surface area contributed by atoms with Crippen molar-refractivity contribution in [2.75, 3.05) is 33.2 Å². The number of nitrogens with one attached hydrogen (secondary N) is 2. The van der Waals surface area contributed by atoms with Crippen LogP contribution in [-0.2, 0) is 11.3 Å². The molecule has 0 bridgehead atoms. The number of imidazole rings is 1. The van der Waals surface area contributed by atoms with Crippen LogP contribution in [0.3, 0.4) is 0 Å². The fourth-order valence-corrected chi connectivity index (χ4v) is 5.00. The van der Waals surface area contributed by atoms with Gasteiger partial charge in [-0.3, -0.25) is 14.5 Å². The summed E-state index contributed by atoms with van der Waals surface area (Å²) in [7, 11) is 1.69. The largest absolute Gasteiger partial charge is 0.359 e. The van der Waals surface area contributed by atoms with Gasteiger partial charge < -0.3 is 15.2 Å². The molecule has 0 saturated carbocycles. The van der Waals surface area contributed by atoms with Gasteiger partial charge in [-0.15, -0.1) is 0 Å². The minimum atomic E-state index is -0.178. The van der Waals surface area contributed by atoms with E-state index >= 15 is 0 Å². The number of benzene rings is 2. The van der Waals surface area contributed by atoms with Gasteiger partial charge in [-0.1, -0.05) is 30.3 Å². The van der Waals surface area contributed by atoms with E-state index in [4.69, 9.17) is 0 Å². The number of rotatable bonds is 4. The average molecular weight is 403 g/mol. The fraction of sp³-hybridized carbons (Fsp3) is 0.348. The number of H-pyrrole nitrogens is 1. The molecule has 3 aromatic rings. The summed E-state index contributed by atoms with van der Waals surface area (Å²) in [6.45, 7) is 3.58. The molecule has 1 atom stereocenters. The molecule has 2 aliphatic heterocycles. The second kappa shape index (κ2) is 7.25. The summed E-state index contributed by atoms with van der Waals surface area (Å²) in [6, 6.07) is 15.8. The molecule has 30 heavy (non-hydrogen) atoms. The molecule has 3 heterocycles. The van der Waals surface area contributed by atoms with Gasteiger partial charge in [-0.25, -0.2) is 4.98 Å². The maximum atomic E-state index is 13.0. The molecule has 2 N–H and O–H groups in total. The minimum absolute atomic E-state index is 0.00860. The number of carbonyl (C=O) groups is 2. The van der Waals surface area contributed by atoms with Crippen LogP contribution in [0.15, 0.2) is 54.9 Å². The Labute approximate surface area is 175 Å². The summed E-state index contributed by atoms with van der Waals surface area (Å²) in [5.74, 6) is -0.0313. The number of fused-ring (bicyclic) bond motifs is 1. The van der Waals surface area contributed by atoms with Crippen LogP contribution in [0, 0.1) is 11.3 Å². The summed E-state index contributed by atoms with van der Waals surface area (Å²) in [5, 5.41) is 2.83. The van der Waals surface area contributed by atoms with Crippen LogP contribution in [0.25, 0.3) is 11.0 Å². The highest BCUT2D eigenvalue weighted by molar-refractivity contribution is 5.98. The molecule has 1 aromatic heterocycles. The number of hydrogen-bond donors (Lipinski definition) is 2. The van der Waals surface area contributed by atoms with Gasteiger partial charge >= 0.3 is 0 Å². The summed E-state index contributed by atoms with van der Waals surface area (Å²) < 4.78 is 0. The van der Waals surface area contributed by atoms with Gasteiger partial charge in [0, 0.05) is 50.7 Å². The van der Waals surface area contributed by atoms with Gasteiger partial charge in [0.2, 0.25) is 5.91 Å². The van der Waals surface area contributed by atoms with E-state index in [0.717, 1.165) is 30.7 Å². The molecule has 2 fully saturated rings. The maximum absolute atomic E-state index is 13.0. The monoisotopic (exact) mass is 403 g/mol. The second-order valence-corrected chi connectivity index (χ2v) is 8.48. The number of amides is 2. The summed E-state index contributed by atoms with van der Waals surface area (Å²) >= 11 is 0. The zero-order chi connectivity index (χ0) is 20.7. The number of hydrogen-bond acceptors (Lipinski definition) is 4. The van der Waals surface area contributed by atoms with Crippen LogP contribution < -0.4 is 5.32 Å². The number of aromatic amines is 1. The molecule has 2 amide bonds. The molecule has 0 aliphatic carbocycles. The Hall–Kier alpha value is -3.19. The second-order valence-electron chi connectivity index (χ2n) is 8.48. The third kappa shape index (κ3) is 3.15. The van der Waals surface area contributed by atoms with Crippen molar-refractivity contribution in [1.29, 1.82) is 0 Å². The Morgan fingerprint density at radius 1 is 1.17 bits per heavy atom. The van der Waals surface area contributed by atoms with Crippen LogP contribution >= 0.6 is 0 Å². The molecule has 1 unspecified atom stereocenters. The molecule has 0 radical (unpaired) electrons. The Kier molecular flexibility index (Phi) is 4.55. The lowest BCUT2D eigenvalue weighted by atomic mass is 9.71. The average Bonchev–Trinajstić information content (AvgIpc) is 3.36. The maximum Gasteiger partial charge on any atom is 0.253 e. The summed E-state index contributed by atoms with van der Waals surface area (Å²) in [4.78, 5) is 37.1. The van der Waals surface area contributed by atoms with Crippen LogP contribution in [0.1, 0.15) is 15.9 Å². The van der Waals surface area contributed by atoms with E-state index in [9.17, 15) is 9.59 Å². The molecule has 7 nitrogen and oxygen atoms in total. The summed E-state index contributed by atoms with van der Waals surface area (Å²) in [5.41, 5.74) is 3.42. The van der Waals surface area contributed by atoms with Crippen molar-refractivity contribution < 1.29 is 9.59 Å². The van der Waals surface area contributed by atoms with Gasteiger partial charge in [0.15, 0.2) is 0 Å². The lowest BCUT2D eigenvalue weighted by molar-refractivity contribution is -0.130. The molecule has 1 spiro atoms. The number of carbonyl (C=O) groups excluding carboxylic acids is 2. The first kappa shape index (κ1) is 18.8. The van der Waals surface area contributed by atoms with Crippen molar-refractivity contribution in [1.82, 2.24) is 25.1 Å². The first-order valence-corrected chi connectivity index (χ1v) is 10.3. The van der Waals surface area contributed by atoms with Crippen molar-refractivity contribution in [2.24, 2.45) is 11.3 Å². The van der Waals surface area contributed by atoms with Crippen molar-refractivity contribution in [2.45, 2.75) is 6.54 Å². The Balaban J connectivity index is 1.31. The predicted molar refractivity (Wildman–Crippen MR) is 114 cm³/mol. The van der Waals surface area contributed by atoms with Crippen LogP contribution in [0.4, 0.5) is 0 Å². The van der Waals surface area contributed by atoms with Gasteiger partial charge in [0.05, 0.1) is 23.3 Å². The SMILES string of the molecule is CNC(=O)C1CN(Cc2ccccc2)CC12CN(C(=O)c1ccc3nc[nH]c3c1)C2. The van der Waals surface area contributed by atoms with Crippen LogP contribution in [0.5, 0.6) is 0 Å². The van der Waals surface area contributed by atoms with Crippen molar-refractivity contribution in [3.63, 3.8) is 0 Å². The third-order valence-corrected chi connectivity index (χ3v) is 6.50. The van der Waals surface area contributed by atoms with Crippen molar-refractivity contribution in [3.05, 3.63) is 66.0 Å². The molecular weight excluding hydrogens is 378 g/mol. The van der Waals surface area contributed by atoms with E-state index < -0.39 is 0 Å². The highest BCUT2D eigenvalue weighted by atomic mass is 16.2. The van der Waals surface area contributed by atoms with E-state index in [2.05, 4.69) is 32.3 Å². The normalized spacial score (nSPS) is 20.4. The summed E-state index contributed by atoms with van der Waals surface area (Å²) in [6.07, 6.45) is 1.63. The minimum Gasteiger partial charge on any atom is -0.359 e.